The van der Waals surface area contributed by atoms with Gasteiger partial charge in [0, 0.05) is 6.04 Å². The molecule has 0 atom stereocenters. The van der Waals surface area contributed by atoms with Crippen molar-refractivity contribution in [3.63, 3.8) is 0 Å². The molecule has 0 fully saturated rings. The van der Waals surface area contributed by atoms with Crippen LogP contribution in [0.4, 0.5) is 0 Å². The van der Waals surface area contributed by atoms with Crippen LogP contribution in [0.25, 0.3) is 0 Å². The molecule has 0 spiro atoms. The number of hydrogen-bond acceptors (Lipinski definition) is 1. The predicted octanol–water partition coefficient (Wildman–Crippen LogP) is 3.20. The highest BCUT2D eigenvalue weighted by Gasteiger charge is 2.37. The van der Waals surface area contributed by atoms with E-state index in [2.05, 4.69) is 86.3 Å². The highest BCUT2D eigenvalue weighted by Crippen LogP contribution is 2.48. The van der Waals surface area contributed by atoms with Crippen molar-refractivity contribution < 1.29 is 0 Å². The molecule has 2 aromatic carbocycles. The topological polar surface area (TPSA) is 12.0 Å². The molecule has 0 aliphatic rings. The number of benzene rings is 2. The van der Waals surface area contributed by atoms with Crippen molar-refractivity contribution in [1.82, 2.24) is 5.09 Å². The number of nitrogens with one attached hydrogen (secondary N) is 1. The van der Waals surface area contributed by atoms with E-state index in [1.165, 1.54) is 10.6 Å². The van der Waals surface area contributed by atoms with E-state index in [-0.39, 0.29) is 0 Å². The second kappa shape index (κ2) is 5.65. The van der Waals surface area contributed by atoms with Crippen LogP contribution < -0.4 is 15.7 Å². The average molecular weight is 258 g/mol. The maximum Gasteiger partial charge on any atom is 0.142 e. The summed E-state index contributed by atoms with van der Waals surface area (Å²) < 4.78 is 0. The van der Waals surface area contributed by atoms with E-state index in [1.807, 2.05) is 0 Å². The zero-order valence-corrected chi connectivity index (χ0v) is 12.2. The molecule has 0 saturated carbocycles. The molecule has 2 rings (SSSR count). The Labute approximate surface area is 111 Å². The monoisotopic (exact) mass is 258 g/mol. The Hall–Kier alpha value is -1.17. The number of rotatable bonds is 4. The van der Waals surface area contributed by atoms with E-state index in [0.717, 1.165) is 0 Å². The summed E-state index contributed by atoms with van der Waals surface area (Å²) in [6, 6.07) is 22.1. The van der Waals surface area contributed by atoms with E-state index in [4.69, 9.17) is 0 Å². The molecule has 2 heteroatoms. The summed E-state index contributed by atoms with van der Waals surface area (Å²) in [5.74, 6) is 0. The summed E-state index contributed by atoms with van der Waals surface area (Å²) in [6.07, 6.45) is 0. The molecule has 0 saturated heterocycles. The summed E-state index contributed by atoms with van der Waals surface area (Å²) in [7, 11) is -1.48. The van der Waals surface area contributed by atoms with Crippen LogP contribution in [0.3, 0.4) is 0 Å². The van der Waals surface area contributed by atoms with Crippen LogP contribution in [-0.2, 0) is 0 Å². The zero-order valence-electron chi connectivity index (χ0n) is 11.3. The standard InChI is InChI=1S/C16H21NP/c1-14(2)17-18(3,15-10-6-4-7-11-15)16-12-8-5-9-13-16/h4-14,17H,1-3H3/q+1. The molecule has 18 heavy (non-hydrogen) atoms. The fraction of sp³-hybridized carbons (Fsp3) is 0.250. The van der Waals surface area contributed by atoms with Crippen LogP contribution in [-0.4, -0.2) is 12.7 Å². The molecule has 0 aliphatic carbocycles. The van der Waals surface area contributed by atoms with Crippen molar-refractivity contribution in [2.45, 2.75) is 19.9 Å². The van der Waals surface area contributed by atoms with Gasteiger partial charge in [-0.15, -0.1) is 0 Å². The van der Waals surface area contributed by atoms with Crippen molar-refractivity contribution in [2.75, 3.05) is 6.66 Å². The molecule has 2 aromatic rings. The van der Waals surface area contributed by atoms with Gasteiger partial charge in [-0.2, -0.15) is 5.09 Å². The second-order valence-corrected chi connectivity index (χ2v) is 8.26. The summed E-state index contributed by atoms with van der Waals surface area (Å²) >= 11 is 0. The summed E-state index contributed by atoms with van der Waals surface area (Å²) in [6.45, 7) is 6.78. The lowest BCUT2D eigenvalue weighted by Crippen LogP contribution is -2.36. The summed E-state index contributed by atoms with van der Waals surface area (Å²) in [5, 5.41) is 6.61. The third kappa shape index (κ3) is 2.80. The minimum atomic E-state index is -1.48. The fourth-order valence-corrected chi connectivity index (χ4v) is 5.43. The largest absolute Gasteiger partial charge is 0.181 e. The Morgan fingerprint density at radius 3 is 1.50 bits per heavy atom. The lowest BCUT2D eigenvalue weighted by atomic mass is 10.4. The van der Waals surface area contributed by atoms with Gasteiger partial charge >= 0.3 is 0 Å². The van der Waals surface area contributed by atoms with Gasteiger partial charge in [-0.1, -0.05) is 36.4 Å². The molecular weight excluding hydrogens is 237 g/mol. The molecule has 1 N–H and O–H groups in total. The van der Waals surface area contributed by atoms with Gasteiger partial charge in [0.1, 0.15) is 18.0 Å². The minimum absolute atomic E-state index is 0.476. The molecule has 0 aliphatic heterocycles. The van der Waals surface area contributed by atoms with E-state index in [1.54, 1.807) is 0 Å². The molecule has 0 aromatic heterocycles. The first kappa shape index (κ1) is 13.3. The van der Waals surface area contributed by atoms with Crippen LogP contribution in [0, 0.1) is 0 Å². The Kier molecular flexibility index (Phi) is 4.16. The third-order valence-corrected chi connectivity index (χ3v) is 6.76. The highest BCUT2D eigenvalue weighted by molar-refractivity contribution is 7.87. The highest BCUT2D eigenvalue weighted by atomic mass is 31.2. The van der Waals surface area contributed by atoms with E-state index >= 15 is 0 Å². The quantitative estimate of drug-likeness (QED) is 0.830. The van der Waals surface area contributed by atoms with Crippen LogP contribution in [0.2, 0.25) is 0 Å². The van der Waals surface area contributed by atoms with Crippen molar-refractivity contribution >= 4 is 18.0 Å². The molecule has 0 radical (unpaired) electrons. The zero-order chi connectivity index (χ0) is 13.0. The molecule has 0 unspecified atom stereocenters. The molecule has 94 valence electrons. The maximum atomic E-state index is 3.80. The Morgan fingerprint density at radius 2 is 1.17 bits per heavy atom. The van der Waals surface area contributed by atoms with Gasteiger partial charge in [-0.05, 0) is 38.1 Å². The fourth-order valence-electron chi connectivity index (χ4n) is 2.27. The first-order valence-electron chi connectivity index (χ1n) is 6.38. The molecule has 0 bridgehead atoms. The lowest BCUT2D eigenvalue weighted by molar-refractivity contribution is 0.760. The Bertz CT molecular complexity index is 439. The van der Waals surface area contributed by atoms with Gasteiger partial charge in [0.25, 0.3) is 0 Å². The normalized spacial score (nSPS) is 11.8. The second-order valence-electron chi connectivity index (χ2n) is 4.96. The van der Waals surface area contributed by atoms with Gasteiger partial charge in [0.15, 0.2) is 0 Å². The predicted molar refractivity (Wildman–Crippen MR) is 83.3 cm³/mol. The average Bonchev–Trinajstić information content (AvgIpc) is 2.40. The maximum absolute atomic E-state index is 3.80. The Balaban J connectivity index is 2.48. The first-order chi connectivity index (χ1) is 8.63. The van der Waals surface area contributed by atoms with Gasteiger partial charge in [-0.25, -0.2) is 0 Å². The number of hydrogen-bond donors (Lipinski definition) is 1. The van der Waals surface area contributed by atoms with E-state index in [0.29, 0.717) is 6.04 Å². The van der Waals surface area contributed by atoms with Gasteiger partial charge in [0.05, 0.1) is 6.66 Å². The van der Waals surface area contributed by atoms with Gasteiger partial charge in [0.2, 0.25) is 0 Å². The van der Waals surface area contributed by atoms with Crippen LogP contribution >= 0.6 is 7.41 Å². The van der Waals surface area contributed by atoms with Crippen LogP contribution in [0.15, 0.2) is 60.7 Å². The SMILES string of the molecule is CC(C)N[P+](C)(c1ccccc1)c1ccccc1. The van der Waals surface area contributed by atoms with Crippen LogP contribution in [0.5, 0.6) is 0 Å². The van der Waals surface area contributed by atoms with E-state index < -0.39 is 7.41 Å². The van der Waals surface area contributed by atoms with Gasteiger partial charge < -0.3 is 0 Å². The lowest BCUT2D eigenvalue weighted by Gasteiger charge is -2.25. The van der Waals surface area contributed by atoms with Crippen molar-refractivity contribution in [2.24, 2.45) is 0 Å². The summed E-state index contributed by atoms with van der Waals surface area (Å²) in [4.78, 5) is 0. The minimum Gasteiger partial charge on any atom is -0.181 e. The smallest absolute Gasteiger partial charge is 0.142 e. The molecule has 1 nitrogen and oxygen atoms in total. The molecule has 0 amide bonds. The van der Waals surface area contributed by atoms with Crippen molar-refractivity contribution in [1.29, 1.82) is 0 Å². The van der Waals surface area contributed by atoms with E-state index in [9.17, 15) is 0 Å². The molecule has 0 heterocycles. The van der Waals surface area contributed by atoms with Gasteiger partial charge in [-0.3, -0.25) is 0 Å². The summed E-state index contributed by atoms with van der Waals surface area (Å²) in [5.41, 5.74) is 0. The third-order valence-electron chi connectivity index (χ3n) is 3.06. The molecular formula is C16H21NP+. The van der Waals surface area contributed by atoms with Crippen LogP contribution in [0.1, 0.15) is 13.8 Å². The van der Waals surface area contributed by atoms with Crippen molar-refractivity contribution in [3.05, 3.63) is 60.7 Å². The first-order valence-corrected chi connectivity index (χ1v) is 8.62. The Morgan fingerprint density at radius 1 is 0.778 bits per heavy atom. The van der Waals surface area contributed by atoms with Crippen molar-refractivity contribution in [3.8, 4) is 0 Å².